The molecule has 1 aromatic heterocycles. The summed E-state index contributed by atoms with van der Waals surface area (Å²) in [6.45, 7) is 2.44. The number of piperidine rings is 1. The van der Waals surface area contributed by atoms with Crippen LogP contribution in [-0.2, 0) is 15.3 Å². The zero-order valence-corrected chi connectivity index (χ0v) is 19.1. The van der Waals surface area contributed by atoms with Gasteiger partial charge >= 0.3 is 6.09 Å². The lowest BCUT2D eigenvalue weighted by Crippen LogP contribution is -2.36. The van der Waals surface area contributed by atoms with Gasteiger partial charge in [0.15, 0.2) is 17.5 Å². The minimum Gasteiger partial charge on any atom is -0.442 e. The maximum Gasteiger partial charge on any atom is 0.414 e. The van der Waals surface area contributed by atoms with Gasteiger partial charge in [0.1, 0.15) is 11.8 Å². The molecule has 0 bridgehead atoms. The minimum absolute atomic E-state index is 0.0228. The number of amides is 2. The smallest absolute Gasteiger partial charge is 0.414 e. The number of cyclic esters (lactones) is 1. The molecular weight excluding hydrogens is 456 g/mol. The van der Waals surface area contributed by atoms with Crippen LogP contribution in [0.25, 0.3) is 0 Å². The van der Waals surface area contributed by atoms with E-state index < -0.39 is 23.8 Å². The molecule has 0 radical (unpaired) electrons. The van der Waals surface area contributed by atoms with E-state index in [2.05, 4.69) is 20.7 Å². The highest BCUT2D eigenvalue weighted by molar-refractivity contribution is 7.97. The van der Waals surface area contributed by atoms with Gasteiger partial charge in [-0.05, 0) is 24.3 Å². The number of rotatable bonds is 7. The van der Waals surface area contributed by atoms with Gasteiger partial charge in [-0.1, -0.05) is 0 Å². The zero-order valence-electron chi connectivity index (χ0n) is 18.3. The first-order valence-electron chi connectivity index (χ1n) is 10.6. The highest BCUT2D eigenvalue weighted by Crippen LogP contribution is 2.33. The maximum atomic E-state index is 15.0. The zero-order chi connectivity index (χ0) is 23.5. The monoisotopic (exact) mass is 481 g/mol. The average molecular weight is 482 g/mol. The van der Waals surface area contributed by atoms with Crippen LogP contribution in [-0.4, -0.2) is 70.7 Å². The van der Waals surface area contributed by atoms with Gasteiger partial charge < -0.3 is 15.0 Å². The van der Waals surface area contributed by atoms with E-state index in [-0.39, 0.29) is 36.4 Å². The predicted molar refractivity (Wildman–Crippen MR) is 118 cm³/mol. The lowest BCUT2D eigenvalue weighted by atomic mass is 10.0. The van der Waals surface area contributed by atoms with Crippen molar-refractivity contribution in [3.8, 4) is 0 Å². The van der Waals surface area contributed by atoms with Gasteiger partial charge in [-0.2, -0.15) is 16.6 Å². The van der Waals surface area contributed by atoms with Gasteiger partial charge in [0, 0.05) is 32.1 Å². The van der Waals surface area contributed by atoms with Gasteiger partial charge in [-0.3, -0.25) is 9.69 Å². The van der Waals surface area contributed by atoms with Gasteiger partial charge in [-0.15, -0.1) is 10.2 Å². The molecule has 3 heterocycles. The van der Waals surface area contributed by atoms with E-state index in [1.165, 1.54) is 6.92 Å². The Kier molecular flexibility index (Phi) is 6.96. The molecule has 2 aromatic rings. The Morgan fingerprint density at radius 2 is 1.97 bits per heavy atom. The lowest BCUT2D eigenvalue weighted by molar-refractivity contribution is -0.119. The molecule has 2 aliphatic rings. The second kappa shape index (κ2) is 9.89. The summed E-state index contributed by atoms with van der Waals surface area (Å²) in [5.74, 6) is -0.405. The molecule has 2 saturated heterocycles. The first-order chi connectivity index (χ1) is 15.9. The fourth-order valence-electron chi connectivity index (χ4n) is 4.02. The van der Waals surface area contributed by atoms with E-state index >= 15 is 0 Å². The number of benzene rings is 1. The fourth-order valence-corrected chi connectivity index (χ4v) is 4.40. The number of ether oxygens (including phenoxy) is 1. The van der Waals surface area contributed by atoms with E-state index in [1.54, 1.807) is 21.5 Å². The molecule has 2 fully saturated rings. The molecular formula is C20H25F2N7O3S. The Bertz CT molecular complexity index is 1010. The largest absolute Gasteiger partial charge is 0.442 e. The molecule has 0 saturated carbocycles. The molecule has 4 rings (SSSR count). The third-order valence-corrected chi connectivity index (χ3v) is 6.16. The second-order valence-corrected chi connectivity index (χ2v) is 8.85. The average Bonchev–Trinajstić information content (AvgIpc) is 3.39. The van der Waals surface area contributed by atoms with Crippen molar-refractivity contribution >= 4 is 35.1 Å². The van der Waals surface area contributed by atoms with Crippen LogP contribution < -0.4 is 15.1 Å². The Morgan fingerprint density at radius 1 is 1.27 bits per heavy atom. The molecule has 1 unspecified atom stereocenters. The molecule has 0 aliphatic carbocycles. The molecule has 2 amide bonds. The van der Waals surface area contributed by atoms with Crippen LogP contribution in [0.4, 0.5) is 25.0 Å². The van der Waals surface area contributed by atoms with E-state index in [0.717, 1.165) is 17.0 Å². The minimum atomic E-state index is -0.748. The summed E-state index contributed by atoms with van der Waals surface area (Å²) in [5.41, 5.74) is -0.0405. The molecule has 2 aliphatic heterocycles. The lowest BCUT2D eigenvalue weighted by Gasteiger charge is -2.33. The van der Waals surface area contributed by atoms with Crippen LogP contribution in [0.1, 0.15) is 31.6 Å². The van der Waals surface area contributed by atoms with Gasteiger partial charge in [-0.25, -0.2) is 13.6 Å². The molecule has 1 N–H and O–H groups in total. The number of hydrogen-bond acceptors (Lipinski definition) is 8. The third kappa shape index (κ3) is 5.18. The number of hydrogen-bond donors (Lipinski definition) is 1. The summed E-state index contributed by atoms with van der Waals surface area (Å²) < 4.78 is 35.1. The number of thioether (sulfide) groups is 1. The SMILES string of the molecule is CSCc1nnn(C2CCN(c3c(F)cc(N4CC(CNC(C)=O)OC4=O)cc3F)CC2)n1. The van der Waals surface area contributed by atoms with E-state index in [4.69, 9.17) is 4.74 Å². The van der Waals surface area contributed by atoms with Crippen molar-refractivity contribution in [2.45, 2.75) is 37.7 Å². The number of aromatic nitrogens is 4. The molecule has 10 nitrogen and oxygen atoms in total. The summed E-state index contributed by atoms with van der Waals surface area (Å²) >= 11 is 1.61. The van der Waals surface area contributed by atoms with Gasteiger partial charge in [0.05, 0.1) is 30.6 Å². The highest BCUT2D eigenvalue weighted by atomic mass is 32.2. The van der Waals surface area contributed by atoms with Crippen molar-refractivity contribution in [2.75, 3.05) is 42.2 Å². The summed E-state index contributed by atoms with van der Waals surface area (Å²) in [6.07, 6.45) is 1.91. The normalized spacial score (nSPS) is 19.2. The summed E-state index contributed by atoms with van der Waals surface area (Å²) in [4.78, 5) is 27.6. The van der Waals surface area contributed by atoms with Crippen molar-refractivity contribution in [1.29, 1.82) is 0 Å². The maximum absolute atomic E-state index is 15.0. The van der Waals surface area contributed by atoms with Crippen molar-refractivity contribution in [3.05, 3.63) is 29.6 Å². The number of anilines is 2. The fraction of sp³-hybridized carbons (Fsp3) is 0.550. The number of tetrazole rings is 1. The first-order valence-corrected chi connectivity index (χ1v) is 12.0. The van der Waals surface area contributed by atoms with Crippen LogP contribution >= 0.6 is 11.8 Å². The van der Waals surface area contributed by atoms with Crippen molar-refractivity contribution in [2.24, 2.45) is 0 Å². The Balaban J connectivity index is 1.41. The van der Waals surface area contributed by atoms with E-state index in [0.29, 0.717) is 37.5 Å². The Morgan fingerprint density at radius 3 is 2.61 bits per heavy atom. The van der Waals surface area contributed by atoms with Gasteiger partial charge in [0.2, 0.25) is 5.91 Å². The van der Waals surface area contributed by atoms with Crippen molar-refractivity contribution < 1.29 is 23.1 Å². The first kappa shape index (κ1) is 23.2. The molecule has 0 spiro atoms. The van der Waals surface area contributed by atoms with Crippen molar-refractivity contribution in [1.82, 2.24) is 25.5 Å². The topological polar surface area (TPSA) is 105 Å². The van der Waals surface area contributed by atoms with Crippen LogP contribution in [0.3, 0.4) is 0 Å². The number of nitrogens with one attached hydrogen (secondary N) is 1. The predicted octanol–water partition coefficient (Wildman–Crippen LogP) is 2.12. The second-order valence-electron chi connectivity index (χ2n) is 7.99. The Labute approximate surface area is 193 Å². The molecule has 13 heteroatoms. The van der Waals surface area contributed by atoms with Crippen LogP contribution in [0, 0.1) is 11.6 Å². The quantitative estimate of drug-likeness (QED) is 0.641. The van der Waals surface area contributed by atoms with Crippen molar-refractivity contribution in [3.63, 3.8) is 0 Å². The standard InChI is InChI=1S/C20H25F2N7O3S/c1-12(30)23-9-15-10-28(20(31)32-15)14-7-16(21)19(17(22)8-14)27-5-3-13(4-6-27)29-25-18(11-33-2)24-26-29/h7-8,13,15H,3-6,9-11H2,1-2H3,(H,23,30). The van der Waals surface area contributed by atoms with Gasteiger partial charge in [0.25, 0.3) is 0 Å². The summed E-state index contributed by atoms with van der Waals surface area (Å²) in [6, 6.07) is 2.30. The molecule has 33 heavy (non-hydrogen) atoms. The number of halogens is 2. The Hall–Kier alpha value is -2.96. The van der Waals surface area contributed by atoms with E-state index in [1.807, 2.05) is 6.26 Å². The number of nitrogens with zero attached hydrogens (tertiary/aromatic N) is 6. The van der Waals surface area contributed by atoms with E-state index in [9.17, 15) is 18.4 Å². The molecule has 1 aromatic carbocycles. The molecule has 178 valence electrons. The van der Waals surface area contributed by atoms with Crippen LogP contribution in [0.15, 0.2) is 12.1 Å². The van der Waals surface area contributed by atoms with Crippen LogP contribution in [0.5, 0.6) is 0 Å². The summed E-state index contributed by atoms with van der Waals surface area (Å²) in [7, 11) is 0. The third-order valence-electron chi connectivity index (χ3n) is 5.62. The number of carbonyl (C=O) groups excluding carboxylic acids is 2. The highest BCUT2D eigenvalue weighted by Gasteiger charge is 2.34. The summed E-state index contributed by atoms with van der Waals surface area (Å²) in [5, 5.41) is 15.1. The molecule has 1 atom stereocenters. The number of carbonyl (C=O) groups is 2. The van der Waals surface area contributed by atoms with Crippen LogP contribution in [0.2, 0.25) is 0 Å².